The molecule has 1 atom stereocenters. The number of ether oxygens (including phenoxy) is 1. The summed E-state index contributed by atoms with van der Waals surface area (Å²) in [6.45, 7) is 1.87. The van der Waals surface area contributed by atoms with E-state index in [4.69, 9.17) is 16.3 Å². The van der Waals surface area contributed by atoms with E-state index in [0.29, 0.717) is 23.9 Å². The van der Waals surface area contributed by atoms with E-state index in [2.05, 4.69) is 5.32 Å². The van der Waals surface area contributed by atoms with E-state index in [-0.39, 0.29) is 0 Å². The minimum absolute atomic E-state index is 0.306. The number of hydrogen-bond acceptors (Lipinski definition) is 3. The summed E-state index contributed by atoms with van der Waals surface area (Å²) in [5.41, 5.74) is -0.749. The molecule has 0 saturated carbocycles. The minimum atomic E-state index is -0.749. The summed E-state index contributed by atoms with van der Waals surface area (Å²) in [6, 6.07) is 7.22. The molecule has 1 aliphatic rings. The predicted molar refractivity (Wildman–Crippen MR) is 64.0 cm³/mol. The van der Waals surface area contributed by atoms with E-state index < -0.39 is 5.60 Å². The second kappa shape index (κ2) is 5.04. The summed E-state index contributed by atoms with van der Waals surface area (Å²) in [5.74, 6) is 0.700. The van der Waals surface area contributed by atoms with Gasteiger partial charge in [-0.05, 0) is 37.6 Å². The molecule has 0 aromatic heterocycles. The Balaban J connectivity index is 1.91. The molecule has 1 heterocycles. The molecular weight excluding hydrogens is 226 g/mol. The fourth-order valence-electron chi connectivity index (χ4n) is 1.85. The maximum absolute atomic E-state index is 10.2. The predicted octanol–water partition coefficient (Wildman–Crippen LogP) is 1.83. The Morgan fingerprint density at radius 3 is 3.06 bits per heavy atom. The zero-order valence-corrected chi connectivity index (χ0v) is 9.83. The number of β-amino-alcohol motifs (C(OH)–C–C–N with tert-alkyl or cyclic N) is 1. The van der Waals surface area contributed by atoms with Gasteiger partial charge in [0.1, 0.15) is 18.0 Å². The van der Waals surface area contributed by atoms with Crippen LogP contribution in [0.2, 0.25) is 5.02 Å². The van der Waals surface area contributed by atoms with E-state index in [1.54, 1.807) is 12.1 Å². The van der Waals surface area contributed by atoms with Crippen molar-refractivity contribution in [2.24, 2.45) is 0 Å². The molecule has 0 spiro atoms. The van der Waals surface area contributed by atoms with Gasteiger partial charge in [0.05, 0.1) is 0 Å². The molecule has 0 radical (unpaired) electrons. The molecule has 1 aromatic rings. The highest BCUT2D eigenvalue weighted by Crippen LogP contribution is 2.21. The lowest BCUT2D eigenvalue weighted by Crippen LogP contribution is -2.49. The van der Waals surface area contributed by atoms with Gasteiger partial charge in [0, 0.05) is 11.6 Å². The van der Waals surface area contributed by atoms with Gasteiger partial charge in [-0.3, -0.25) is 0 Å². The van der Waals surface area contributed by atoms with Gasteiger partial charge >= 0.3 is 0 Å². The standard InChI is InChI=1S/C12H16ClNO2/c13-10-3-1-4-11(7-10)16-9-12(15)5-2-6-14-8-12/h1,3-4,7,14-15H,2,5-6,8-9H2/t12-/m0/s1. The Kier molecular flexibility index (Phi) is 3.69. The van der Waals surface area contributed by atoms with Crippen molar-refractivity contribution in [1.82, 2.24) is 5.32 Å². The lowest BCUT2D eigenvalue weighted by Gasteiger charge is -2.32. The molecule has 3 nitrogen and oxygen atoms in total. The third-order valence-corrected chi connectivity index (χ3v) is 2.99. The van der Waals surface area contributed by atoms with Gasteiger partial charge in [-0.15, -0.1) is 0 Å². The molecule has 2 rings (SSSR count). The average Bonchev–Trinajstić information content (AvgIpc) is 2.28. The molecule has 0 aliphatic carbocycles. The molecule has 2 N–H and O–H groups in total. The fourth-order valence-corrected chi connectivity index (χ4v) is 2.03. The van der Waals surface area contributed by atoms with Gasteiger partial charge in [0.2, 0.25) is 0 Å². The van der Waals surface area contributed by atoms with Crippen LogP contribution in [0.5, 0.6) is 5.75 Å². The normalized spacial score (nSPS) is 25.4. The van der Waals surface area contributed by atoms with Crippen LogP contribution < -0.4 is 10.1 Å². The van der Waals surface area contributed by atoms with Gasteiger partial charge in [-0.1, -0.05) is 17.7 Å². The smallest absolute Gasteiger partial charge is 0.120 e. The van der Waals surface area contributed by atoms with Crippen molar-refractivity contribution in [3.8, 4) is 5.75 Å². The van der Waals surface area contributed by atoms with E-state index in [9.17, 15) is 5.11 Å². The largest absolute Gasteiger partial charge is 0.490 e. The number of rotatable bonds is 3. The van der Waals surface area contributed by atoms with Gasteiger partial charge in [-0.2, -0.15) is 0 Å². The van der Waals surface area contributed by atoms with Crippen LogP contribution in [0.25, 0.3) is 0 Å². The maximum atomic E-state index is 10.2. The van der Waals surface area contributed by atoms with E-state index in [1.807, 2.05) is 12.1 Å². The molecule has 88 valence electrons. The first-order valence-corrected chi connectivity index (χ1v) is 5.87. The number of halogens is 1. The summed E-state index contributed by atoms with van der Waals surface area (Å²) in [5, 5.41) is 14.0. The number of piperidine rings is 1. The molecule has 1 fully saturated rings. The van der Waals surface area contributed by atoms with Crippen molar-refractivity contribution in [2.45, 2.75) is 18.4 Å². The van der Waals surface area contributed by atoms with E-state index in [0.717, 1.165) is 19.4 Å². The van der Waals surface area contributed by atoms with Crippen molar-refractivity contribution in [3.63, 3.8) is 0 Å². The minimum Gasteiger partial charge on any atom is -0.490 e. The van der Waals surface area contributed by atoms with Crippen molar-refractivity contribution < 1.29 is 9.84 Å². The quantitative estimate of drug-likeness (QED) is 0.849. The highest BCUT2D eigenvalue weighted by atomic mass is 35.5. The van der Waals surface area contributed by atoms with Crippen LogP contribution in [0, 0.1) is 0 Å². The van der Waals surface area contributed by atoms with Gasteiger partial charge in [0.25, 0.3) is 0 Å². The fraction of sp³-hybridized carbons (Fsp3) is 0.500. The lowest BCUT2D eigenvalue weighted by molar-refractivity contribution is -0.0230. The molecule has 1 aliphatic heterocycles. The molecule has 4 heteroatoms. The van der Waals surface area contributed by atoms with E-state index in [1.165, 1.54) is 0 Å². The van der Waals surface area contributed by atoms with Gasteiger partial charge < -0.3 is 15.2 Å². The molecule has 0 unspecified atom stereocenters. The summed E-state index contributed by atoms with van der Waals surface area (Å²) in [7, 11) is 0. The highest BCUT2D eigenvalue weighted by Gasteiger charge is 2.29. The second-order valence-electron chi connectivity index (χ2n) is 4.25. The zero-order chi connectivity index (χ0) is 11.4. The van der Waals surface area contributed by atoms with Crippen LogP contribution in [-0.2, 0) is 0 Å². The first-order valence-electron chi connectivity index (χ1n) is 5.49. The van der Waals surface area contributed by atoms with Crippen LogP contribution in [0.4, 0.5) is 0 Å². The monoisotopic (exact) mass is 241 g/mol. The van der Waals surface area contributed by atoms with E-state index >= 15 is 0 Å². The number of hydrogen-bond donors (Lipinski definition) is 2. The van der Waals surface area contributed by atoms with Crippen LogP contribution >= 0.6 is 11.6 Å². The molecule has 1 aromatic carbocycles. The van der Waals surface area contributed by atoms with Crippen LogP contribution in [-0.4, -0.2) is 30.4 Å². The van der Waals surface area contributed by atoms with Crippen molar-refractivity contribution in [2.75, 3.05) is 19.7 Å². The Morgan fingerprint density at radius 1 is 1.50 bits per heavy atom. The average molecular weight is 242 g/mol. The number of aliphatic hydroxyl groups is 1. The summed E-state index contributed by atoms with van der Waals surface area (Å²) < 4.78 is 5.55. The van der Waals surface area contributed by atoms with Crippen molar-refractivity contribution in [1.29, 1.82) is 0 Å². The molecule has 16 heavy (non-hydrogen) atoms. The summed E-state index contributed by atoms with van der Waals surface area (Å²) in [4.78, 5) is 0. The maximum Gasteiger partial charge on any atom is 0.120 e. The Morgan fingerprint density at radius 2 is 2.38 bits per heavy atom. The first-order chi connectivity index (χ1) is 7.68. The highest BCUT2D eigenvalue weighted by molar-refractivity contribution is 6.30. The molecule has 0 amide bonds. The zero-order valence-electron chi connectivity index (χ0n) is 9.08. The summed E-state index contributed by atoms with van der Waals surface area (Å²) in [6.07, 6.45) is 1.76. The number of benzene rings is 1. The van der Waals surface area contributed by atoms with Crippen LogP contribution in [0.3, 0.4) is 0 Å². The third-order valence-electron chi connectivity index (χ3n) is 2.75. The van der Waals surface area contributed by atoms with Crippen molar-refractivity contribution >= 4 is 11.6 Å². The van der Waals surface area contributed by atoms with Crippen molar-refractivity contribution in [3.05, 3.63) is 29.3 Å². The Labute approximate surface area is 100 Å². The molecule has 1 saturated heterocycles. The van der Waals surface area contributed by atoms with Crippen LogP contribution in [0.1, 0.15) is 12.8 Å². The summed E-state index contributed by atoms with van der Waals surface area (Å²) >= 11 is 5.85. The Bertz CT molecular complexity index is 351. The topological polar surface area (TPSA) is 41.5 Å². The molecule has 0 bridgehead atoms. The third kappa shape index (κ3) is 3.11. The van der Waals surface area contributed by atoms with Gasteiger partial charge in [0.15, 0.2) is 0 Å². The lowest BCUT2D eigenvalue weighted by atomic mass is 9.95. The van der Waals surface area contributed by atoms with Crippen LogP contribution in [0.15, 0.2) is 24.3 Å². The molecular formula is C12H16ClNO2. The van der Waals surface area contributed by atoms with Gasteiger partial charge in [-0.25, -0.2) is 0 Å². The Hall–Kier alpha value is -0.770. The second-order valence-corrected chi connectivity index (χ2v) is 4.69. The first kappa shape index (κ1) is 11.7. The SMILES string of the molecule is O[C@@]1(COc2cccc(Cl)c2)CCCNC1. The number of nitrogens with one attached hydrogen (secondary N) is 1.